The van der Waals surface area contributed by atoms with Crippen molar-refractivity contribution < 1.29 is 9.53 Å². The van der Waals surface area contributed by atoms with Crippen molar-refractivity contribution >= 4 is 5.91 Å². The van der Waals surface area contributed by atoms with Crippen LogP contribution < -0.4 is 5.32 Å². The third-order valence-corrected chi connectivity index (χ3v) is 2.49. The van der Waals surface area contributed by atoms with Crippen LogP contribution in [0.1, 0.15) is 23.5 Å². The number of hydrogen-bond acceptors (Lipinski definition) is 4. The molecule has 0 spiro atoms. The predicted molar refractivity (Wildman–Crippen MR) is 52.3 cm³/mol. The topological polar surface area (TPSA) is 79.9 Å². The SMILES string of the molecule is O=C(NCCC1CCOC1)c1ncn[nH]1. The average Bonchev–Trinajstić information content (AvgIpc) is 2.90. The zero-order valence-electron chi connectivity index (χ0n) is 8.40. The number of amides is 1. The second kappa shape index (κ2) is 4.88. The molecule has 1 fully saturated rings. The number of hydrogen-bond donors (Lipinski definition) is 2. The standard InChI is InChI=1S/C9H14N4O2/c14-9(8-11-6-12-13-8)10-3-1-7-2-4-15-5-7/h6-7H,1-5H2,(H,10,14)(H,11,12,13). The van der Waals surface area contributed by atoms with Gasteiger partial charge in [0.2, 0.25) is 5.82 Å². The van der Waals surface area contributed by atoms with Crippen LogP contribution in [0.5, 0.6) is 0 Å². The van der Waals surface area contributed by atoms with E-state index in [4.69, 9.17) is 4.74 Å². The molecule has 6 heteroatoms. The van der Waals surface area contributed by atoms with E-state index in [0.717, 1.165) is 26.1 Å². The first-order valence-electron chi connectivity index (χ1n) is 5.07. The zero-order chi connectivity index (χ0) is 10.5. The Morgan fingerprint density at radius 2 is 2.67 bits per heavy atom. The molecule has 1 amide bonds. The first-order chi connectivity index (χ1) is 7.36. The van der Waals surface area contributed by atoms with Crippen molar-refractivity contribution in [3.8, 4) is 0 Å². The number of nitrogens with one attached hydrogen (secondary N) is 2. The zero-order valence-corrected chi connectivity index (χ0v) is 8.40. The van der Waals surface area contributed by atoms with Crippen LogP contribution in [0.15, 0.2) is 6.33 Å². The summed E-state index contributed by atoms with van der Waals surface area (Å²) in [6.45, 7) is 2.33. The van der Waals surface area contributed by atoms with Gasteiger partial charge in [-0.15, -0.1) is 0 Å². The molecule has 2 N–H and O–H groups in total. The van der Waals surface area contributed by atoms with Crippen molar-refractivity contribution in [3.63, 3.8) is 0 Å². The van der Waals surface area contributed by atoms with Crippen LogP contribution in [-0.4, -0.2) is 40.8 Å². The van der Waals surface area contributed by atoms with Crippen LogP contribution in [0.3, 0.4) is 0 Å². The summed E-state index contributed by atoms with van der Waals surface area (Å²) in [5.74, 6) is 0.643. The van der Waals surface area contributed by atoms with E-state index in [2.05, 4.69) is 20.5 Å². The molecule has 1 atom stereocenters. The van der Waals surface area contributed by atoms with Gasteiger partial charge in [-0.2, -0.15) is 5.10 Å². The molecule has 0 aromatic carbocycles. The van der Waals surface area contributed by atoms with Gasteiger partial charge >= 0.3 is 0 Å². The molecule has 1 aromatic heterocycles. The minimum atomic E-state index is -0.202. The lowest BCUT2D eigenvalue weighted by atomic mass is 10.1. The minimum Gasteiger partial charge on any atom is -0.381 e. The monoisotopic (exact) mass is 210 g/mol. The minimum absolute atomic E-state index is 0.202. The van der Waals surface area contributed by atoms with E-state index >= 15 is 0 Å². The van der Waals surface area contributed by atoms with Gasteiger partial charge in [0.25, 0.3) is 5.91 Å². The largest absolute Gasteiger partial charge is 0.381 e. The van der Waals surface area contributed by atoms with Crippen molar-refractivity contribution in [2.75, 3.05) is 19.8 Å². The van der Waals surface area contributed by atoms with Crippen molar-refractivity contribution in [2.24, 2.45) is 5.92 Å². The highest BCUT2D eigenvalue weighted by Crippen LogP contribution is 2.15. The normalized spacial score (nSPS) is 20.4. The summed E-state index contributed by atoms with van der Waals surface area (Å²) in [7, 11) is 0. The van der Waals surface area contributed by atoms with E-state index in [1.807, 2.05) is 0 Å². The Labute approximate surface area is 87.4 Å². The highest BCUT2D eigenvalue weighted by Gasteiger charge is 2.15. The van der Waals surface area contributed by atoms with Gasteiger partial charge in [-0.25, -0.2) is 4.98 Å². The molecule has 2 heterocycles. The fraction of sp³-hybridized carbons (Fsp3) is 0.667. The van der Waals surface area contributed by atoms with Gasteiger partial charge in [0.1, 0.15) is 6.33 Å². The van der Waals surface area contributed by atoms with Crippen LogP contribution in [0.2, 0.25) is 0 Å². The van der Waals surface area contributed by atoms with E-state index in [1.54, 1.807) is 0 Å². The Morgan fingerprint density at radius 3 is 3.33 bits per heavy atom. The van der Waals surface area contributed by atoms with Gasteiger partial charge < -0.3 is 10.1 Å². The first-order valence-corrected chi connectivity index (χ1v) is 5.07. The molecular weight excluding hydrogens is 196 g/mol. The fourth-order valence-corrected chi connectivity index (χ4v) is 1.60. The molecule has 6 nitrogen and oxygen atoms in total. The Balaban J connectivity index is 1.67. The number of aromatic amines is 1. The summed E-state index contributed by atoms with van der Waals surface area (Å²) in [5.41, 5.74) is 0. The summed E-state index contributed by atoms with van der Waals surface area (Å²) in [6, 6.07) is 0. The number of H-pyrrole nitrogens is 1. The van der Waals surface area contributed by atoms with Gasteiger partial charge in [0, 0.05) is 19.8 Å². The first kappa shape index (κ1) is 10.1. The number of rotatable bonds is 4. The molecule has 1 unspecified atom stereocenters. The maximum Gasteiger partial charge on any atom is 0.288 e. The Morgan fingerprint density at radius 1 is 1.73 bits per heavy atom. The van der Waals surface area contributed by atoms with Crippen molar-refractivity contribution in [1.82, 2.24) is 20.5 Å². The van der Waals surface area contributed by atoms with E-state index in [0.29, 0.717) is 12.5 Å². The summed E-state index contributed by atoms with van der Waals surface area (Å²) >= 11 is 0. The Hall–Kier alpha value is -1.43. The third kappa shape index (κ3) is 2.76. The fourth-order valence-electron chi connectivity index (χ4n) is 1.60. The molecule has 1 saturated heterocycles. The lowest BCUT2D eigenvalue weighted by Crippen LogP contribution is -2.27. The predicted octanol–water partition coefficient (Wildman–Crippen LogP) is -0.0389. The Bertz CT molecular complexity index is 306. The number of nitrogens with zero attached hydrogens (tertiary/aromatic N) is 2. The van der Waals surface area contributed by atoms with Crippen LogP contribution in [0.4, 0.5) is 0 Å². The highest BCUT2D eigenvalue weighted by molar-refractivity contribution is 5.90. The molecule has 0 radical (unpaired) electrons. The number of carbonyl (C=O) groups is 1. The maximum absolute atomic E-state index is 11.4. The van der Waals surface area contributed by atoms with Crippen LogP contribution in [0.25, 0.3) is 0 Å². The van der Waals surface area contributed by atoms with Crippen LogP contribution in [0, 0.1) is 5.92 Å². The molecule has 0 bridgehead atoms. The van der Waals surface area contributed by atoms with Gasteiger partial charge in [0.15, 0.2) is 0 Å². The van der Waals surface area contributed by atoms with Crippen LogP contribution >= 0.6 is 0 Å². The second-order valence-corrected chi connectivity index (χ2v) is 3.61. The second-order valence-electron chi connectivity index (χ2n) is 3.61. The van der Waals surface area contributed by atoms with Crippen molar-refractivity contribution in [2.45, 2.75) is 12.8 Å². The summed E-state index contributed by atoms with van der Waals surface area (Å²) in [4.78, 5) is 15.2. The molecule has 15 heavy (non-hydrogen) atoms. The maximum atomic E-state index is 11.4. The quantitative estimate of drug-likeness (QED) is 0.730. The molecule has 0 saturated carbocycles. The van der Waals surface area contributed by atoms with Gasteiger partial charge in [0.05, 0.1) is 0 Å². The summed E-state index contributed by atoms with van der Waals surface area (Å²) in [6.07, 6.45) is 3.37. The molecule has 82 valence electrons. The van der Waals surface area contributed by atoms with E-state index in [9.17, 15) is 4.79 Å². The van der Waals surface area contributed by atoms with E-state index in [-0.39, 0.29) is 11.7 Å². The summed E-state index contributed by atoms with van der Waals surface area (Å²) in [5, 5.41) is 8.91. The highest BCUT2D eigenvalue weighted by atomic mass is 16.5. The average molecular weight is 210 g/mol. The number of ether oxygens (including phenoxy) is 1. The molecule has 2 rings (SSSR count). The van der Waals surface area contributed by atoms with E-state index < -0.39 is 0 Å². The van der Waals surface area contributed by atoms with Gasteiger partial charge in [-0.3, -0.25) is 9.89 Å². The smallest absolute Gasteiger partial charge is 0.288 e. The van der Waals surface area contributed by atoms with E-state index in [1.165, 1.54) is 6.33 Å². The van der Waals surface area contributed by atoms with Crippen molar-refractivity contribution in [3.05, 3.63) is 12.2 Å². The lowest BCUT2D eigenvalue weighted by molar-refractivity contribution is 0.0940. The van der Waals surface area contributed by atoms with Crippen molar-refractivity contribution in [1.29, 1.82) is 0 Å². The molecule has 1 aliphatic heterocycles. The number of aromatic nitrogens is 3. The Kier molecular flexibility index (Phi) is 3.29. The molecule has 1 aliphatic rings. The van der Waals surface area contributed by atoms with Gasteiger partial charge in [-0.05, 0) is 18.8 Å². The number of carbonyl (C=O) groups excluding carboxylic acids is 1. The lowest BCUT2D eigenvalue weighted by Gasteiger charge is -2.07. The molecular formula is C9H14N4O2. The molecule has 1 aromatic rings. The summed E-state index contributed by atoms with van der Waals surface area (Å²) < 4.78 is 5.25. The third-order valence-electron chi connectivity index (χ3n) is 2.49. The molecule has 0 aliphatic carbocycles. The van der Waals surface area contributed by atoms with Crippen LogP contribution in [-0.2, 0) is 4.74 Å². The van der Waals surface area contributed by atoms with Gasteiger partial charge in [-0.1, -0.05) is 0 Å².